The number of terminal acetylenes is 1. The Hall–Kier alpha value is -1.01. The van der Waals surface area contributed by atoms with Crippen molar-refractivity contribution in [1.29, 1.82) is 0 Å². The average molecular weight is 166 g/mol. The number of amides is 1. The first kappa shape index (κ1) is 9.08. The molecule has 1 amide bonds. The molecule has 1 aliphatic heterocycles. The average Bonchev–Trinajstić information content (AvgIpc) is 2.52. The van der Waals surface area contributed by atoms with Crippen LogP contribution in [0.25, 0.3) is 0 Å². The quantitative estimate of drug-likeness (QED) is 0.585. The van der Waals surface area contributed by atoms with Gasteiger partial charge in [-0.25, -0.2) is 0 Å². The maximum absolute atomic E-state index is 11.1. The van der Waals surface area contributed by atoms with Crippen molar-refractivity contribution < 1.29 is 4.79 Å². The van der Waals surface area contributed by atoms with E-state index in [4.69, 9.17) is 12.2 Å². The Bertz CT molecular complexity index is 207. The van der Waals surface area contributed by atoms with E-state index in [1.54, 1.807) is 4.90 Å². The fourth-order valence-electron chi connectivity index (χ4n) is 1.68. The van der Waals surface area contributed by atoms with E-state index in [0.29, 0.717) is 12.6 Å². The molecular weight excluding hydrogens is 152 g/mol. The van der Waals surface area contributed by atoms with Gasteiger partial charge in [0.15, 0.2) is 0 Å². The molecule has 66 valence electrons. The molecule has 1 heterocycles. The topological polar surface area (TPSA) is 46.3 Å². The Morgan fingerprint density at radius 1 is 1.75 bits per heavy atom. The largest absolute Gasteiger partial charge is 0.330 e. The highest BCUT2D eigenvalue weighted by molar-refractivity contribution is 5.93. The van der Waals surface area contributed by atoms with Gasteiger partial charge in [0.2, 0.25) is 0 Å². The lowest BCUT2D eigenvalue weighted by atomic mass is 10.1. The maximum atomic E-state index is 11.1. The van der Waals surface area contributed by atoms with E-state index in [2.05, 4.69) is 5.92 Å². The second-order valence-electron chi connectivity index (χ2n) is 3.02. The number of nitrogens with two attached hydrogens (primary N) is 1. The predicted octanol–water partition coefficient (Wildman–Crippen LogP) is -0.0406. The molecule has 0 saturated carbocycles. The minimum absolute atomic E-state index is 0.189. The van der Waals surface area contributed by atoms with Crippen molar-refractivity contribution in [1.82, 2.24) is 4.90 Å². The highest BCUT2D eigenvalue weighted by Gasteiger charge is 2.26. The summed E-state index contributed by atoms with van der Waals surface area (Å²) in [6, 6.07) is 0.290. The van der Waals surface area contributed by atoms with Crippen LogP contribution in [0.2, 0.25) is 0 Å². The SMILES string of the molecule is C#CC(=O)N1CCCC1CCN. The van der Waals surface area contributed by atoms with Crippen molar-refractivity contribution in [2.45, 2.75) is 25.3 Å². The predicted molar refractivity (Wildman–Crippen MR) is 47.2 cm³/mol. The molecule has 0 aromatic rings. The van der Waals surface area contributed by atoms with Gasteiger partial charge in [0, 0.05) is 12.6 Å². The van der Waals surface area contributed by atoms with Crippen LogP contribution < -0.4 is 5.73 Å². The monoisotopic (exact) mass is 166 g/mol. The van der Waals surface area contributed by atoms with Crippen molar-refractivity contribution in [3.63, 3.8) is 0 Å². The standard InChI is InChI=1S/C9H14N2O/c1-2-9(12)11-7-3-4-8(11)5-6-10/h1,8H,3-7,10H2. The molecule has 1 atom stereocenters. The molecule has 2 N–H and O–H groups in total. The second-order valence-corrected chi connectivity index (χ2v) is 3.02. The fourth-order valence-corrected chi connectivity index (χ4v) is 1.68. The van der Waals surface area contributed by atoms with Gasteiger partial charge in [-0.2, -0.15) is 0 Å². The molecule has 0 radical (unpaired) electrons. The van der Waals surface area contributed by atoms with E-state index in [1.165, 1.54) is 0 Å². The third-order valence-corrected chi connectivity index (χ3v) is 2.26. The highest BCUT2D eigenvalue weighted by atomic mass is 16.2. The minimum atomic E-state index is -0.189. The number of carbonyl (C=O) groups excluding carboxylic acids is 1. The highest BCUT2D eigenvalue weighted by Crippen LogP contribution is 2.19. The number of likely N-dealkylation sites (tertiary alicyclic amines) is 1. The summed E-state index contributed by atoms with van der Waals surface area (Å²) in [5, 5.41) is 0. The summed E-state index contributed by atoms with van der Waals surface area (Å²) in [6.07, 6.45) is 8.01. The van der Waals surface area contributed by atoms with E-state index < -0.39 is 0 Å². The summed E-state index contributed by atoms with van der Waals surface area (Å²) >= 11 is 0. The molecule has 1 rings (SSSR count). The third-order valence-electron chi connectivity index (χ3n) is 2.26. The lowest BCUT2D eigenvalue weighted by Crippen LogP contribution is -2.35. The van der Waals surface area contributed by atoms with Gasteiger partial charge in [-0.3, -0.25) is 4.79 Å². The van der Waals surface area contributed by atoms with Crippen molar-refractivity contribution in [2.75, 3.05) is 13.1 Å². The number of rotatable bonds is 2. The Morgan fingerprint density at radius 3 is 3.08 bits per heavy atom. The molecule has 0 spiro atoms. The van der Waals surface area contributed by atoms with Gasteiger partial charge >= 0.3 is 0 Å². The van der Waals surface area contributed by atoms with Gasteiger partial charge in [0.25, 0.3) is 5.91 Å². The zero-order valence-electron chi connectivity index (χ0n) is 7.12. The van der Waals surface area contributed by atoms with Crippen LogP contribution in [0.3, 0.4) is 0 Å². The van der Waals surface area contributed by atoms with Crippen LogP contribution >= 0.6 is 0 Å². The number of nitrogens with zero attached hydrogens (tertiary/aromatic N) is 1. The molecule has 1 saturated heterocycles. The lowest BCUT2D eigenvalue weighted by Gasteiger charge is -2.21. The molecule has 0 aromatic heterocycles. The molecule has 3 heteroatoms. The lowest BCUT2D eigenvalue weighted by molar-refractivity contribution is -0.125. The fraction of sp³-hybridized carbons (Fsp3) is 0.667. The number of carbonyl (C=O) groups is 1. The van der Waals surface area contributed by atoms with Crippen LogP contribution in [0.1, 0.15) is 19.3 Å². The molecular formula is C9H14N2O. The first-order valence-electron chi connectivity index (χ1n) is 4.27. The summed E-state index contributed by atoms with van der Waals surface area (Å²) < 4.78 is 0. The molecule has 0 aliphatic carbocycles. The van der Waals surface area contributed by atoms with Gasteiger partial charge in [-0.15, -0.1) is 6.42 Å². The zero-order valence-corrected chi connectivity index (χ0v) is 7.12. The van der Waals surface area contributed by atoms with Gasteiger partial charge < -0.3 is 10.6 Å². The number of hydrogen-bond donors (Lipinski definition) is 1. The summed E-state index contributed by atoms with van der Waals surface area (Å²) in [5.74, 6) is 1.95. The Morgan fingerprint density at radius 2 is 2.50 bits per heavy atom. The summed E-state index contributed by atoms with van der Waals surface area (Å²) in [5.41, 5.74) is 5.42. The van der Waals surface area contributed by atoms with Crippen LogP contribution in [0, 0.1) is 12.3 Å². The van der Waals surface area contributed by atoms with E-state index in [9.17, 15) is 4.79 Å². The summed E-state index contributed by atoms with van der Waals surface area (Å²) in [7, 11) is 0. The zero-order chi connectivity index (χ0) is 8.97. The van der Waals surface area contributed by atoms with Gasteiger partial charge in [-0.05, 0) is 31.7 Å². The molecule has 3 nitrogen and oxygen atoms in total. The van der Waals surface area contributed by atoms with E-state index in [-0.39, 0.29) is 5.91 Å². The van der Waals surface area contributed by atoms with Crippen LogP contribution in [0.4, 0.5) is 0 Å². The van der Waals surface area contributed by atoms with Crippen molar-refractivity contribution in [3.05, 3.63) is 0 Å². The van der Waals surface area contributed by atoms with E-state index in [1.807, 2.05) is 0 Å². The molecule has 1 fully saturated rings. The smallest absolute Gasteiger partial charge is 0.298 e. The van der Waals surface area contributed by atoms with Crippen molar-refractivity contribution >= 4 is 5.91 Å². The maximum Gasteiger partial charge on any atom is 0.298 e. The van der Waals surface area contributed by atoms with Gasteiger partial charge in [-0.1, -0.05) is 0 Å². The number of hydrogen-bond acceptors (Lipinski definition) is 2. The molecule has 0 aromatic carbocycles. The molecule has 0 bridgehead atoms. The second kappa shape index (κ2) is 4.13. The van der Waals surface area contributed by atoms with Crippen LogP contribution in [0.5, 0.6) is 0 Å². The van der Waals surface area contributed by atoms with Crippen molar-refractivity contribution in [2.24, 2.45) is 5.73 Å². The van der Waals surface area contributed by atoms with Crippen molar-refractivity contribution in [3.8, 4) is 12.3 Å². The minimum Gasteiger partial charge on any atom is -0.330 e. The summed E-state index contributed by atoms with van der Waals surface area (Å²) in [6.45, 7) is 1.42. The van der Waals surface area contributed by atoms with Gasteiger partial charge in [0.05, 0.1) is 0 Å². The summed E-state index contributed by atoms with van der Waals surface area (Å²) in [4.78, 5) is 12.9. The molecule has 1 aliphatic rings. The Labute approximate surface area is 72.9 Å². The normalized spacial score (nSPS) is 22.3. The van der Waals surface area contributed by atoms with Crippen LogP contribution in [-0.2, 0) is 4.79 Å². The van der Waals surface area contributed by atoms with E-state index >= 15 is 0 Å². The third kappa shape index (κ3) is 1.77. The van der Waals surface area contributed by atoms with Crippen LogP contribution in [0.15, 0.2) is 0 Å². The molecule has 12 heavy (non-hydrogen) atoms. The Kier molecular flexibility index (Phi) is 3.12. The first-order valence-corrected chi connectivity index (χ1v) is 4.27. The van der Waals surface area contributed by atoms with Gasteiger partial charge in [0.1, 0.15) is 0 Å². The van der Waals surface area contributed by atoms with Crippen LogP contribution in [-0.4, -0.2) is 29.9 Å². The Balaban J connectivity index is 2.52. The van der Waals surface area contributed by atoms with E-state index in [0.717, 1.165) is 25.8 Å². The molecule has 1 unspecified atom stereocenters. The first-order chi connectivity index (χ1) is 5.79.